The zero-order valence-corrected chi connectivity index (χ0v) is 9.75. The van der Waals surface area contributed by atoms with Crippen molar-refractivity contribution in [2.45, 2.75) is 6.92 Å². The third kappa shape index (κ3) is 3.44. The maximum absolute atomic E-state index is 11.0. The van der Waals surface area contributed by atoms with Gasteiger partial charge in [-0.15, -0.1) is 0 Å². The van der Waals surface area contributed by atoms with Crippen LogP contribution in [0.2, 0.25) is 0 Å². The molecule has 0 aliphatic carbocycles. The minimum Gasteiger partial charge on any atom is -0.481 e. The van der Waals surface area contributed by atoms with E-state index in [4.69, 9.17) is 10.8 Å². The third-order valence-corrected chi connectivity index (χ3v) is 2.35. The van der Waals surface area contributed by atoms with E-state index in [-0.39, 0.29) is 5.69 Å². The van der Waals surface area contributed by atoms with Crippen molar-refractivity contribution >= 4 is 17.7 Å². The van der Waals surface area contributed by atoms with E-state index in [9.17, 15) is 9.59 Å². The van der Waals surface area contributed by atoms with E-state index in [1.54, 1.807) is 31.0 Å². The van der Waals surface area contributed by atoms with Crippen molar-refractivity contribution < 1.29 is 14.7 Å². The number of amides is 1. The fourth-order valence-electron chi connectivity index (χ4n) is 1.36. The minimum atomic E-state index is -0.872. The first-order valence-electron chi connectivity index (χ1n) is 5.12. The molecule has 92 valence electrons. The summed E-state index contributed by atoms with van der Waals surface area (Å²) in [5.74, 6) is -1.47. The molecule has 0 saturated carbocycles. The molecule has 0 aliphatic heterocycles. The van der Waals surface area contributed by atoms with Gasteiger partial charge in [-0.1, -0.05) is 13.0 Å². The lowest BCUT2D eigenvalue weighted by molar-refractivity contribution is -0.140. The Kier molecular flexibility index (Phi) is 4.03. The number of anilines is 1. The molecule has 1 aromatic heterocycles. The lowest BCUT2D eigenvalue weighted by Crippen LogP contribution is -2.29. The SMILES string of the molecule is CC(CN(C)c1cccc(C(N)=O)n1)C(=O)O. The number of hydrogen-bond donors (Lipinski definition) is 2. The molecule has 1 atom stereocenters. The van der Waals surface area contributed by atoms with E-state index < -0.39 is 17.8 Å². The van der Waals surface area contributed by atoms with E-state index >= 15 is 0 Å². The summed E-state index contributed by atoms with van der Waals surface area (Å²) >= 11 is 0. The smallest absolute Gasteiger partial charge is 0.308 e. The van der Waals surface area contributed by atoms with Gasteiger partial charge in [0, 0.05) is 13.6 Å². The summed E-state index contributed by atoms with van der Waals surface area (Å²) in [4.78, 5) is 27.4. The minimum absolute atomic E-state index is 0.164. The second-order valence-electron chi connectivity index (χ2n) is 3.87. The Morgan fingerprint density at radius 2 is 2.18 bits per heavy atom. The average Bonchev–Trinajstić information content (AvgIpc) is 2.28. The molecular formula is C11H15N3O3. The van der Waals surface area contributed by atoms with Crippen LogP contribution in [0.4, 0.5) is 5.82 Å². The lowest BCUT2D eigenvalue weighted by Gasteiger charge is -2.20. The van der Waals surface area contributed by atoms with Crippen LogP contribution >= 0.6 is 0 Å². The molecule has 0 saturated heterocycles. The fourth-order valence-corrected chi connectivity index (χ4v) is 1.36. The van der Waals surface area contributed by atoms with Gasteiger partial charge in [0.05, 0.1) is 5.92 Å². The van der Waals surface area contributed by atoms with Crippen LogP contribution in [0.1, 0.15) is 17.4 Å². The van der Waals surface area contributed by atoms with Crippen LogP contribution < -0.4 is 10.6 Å². The van der Waals surface area contributed by atoms with Crippen molar-refractivity contribution in [3.05, 3.63) is 23.9 Å². The number of carboxylic acid groups (broad SMARTS) is 1. The molecule has 1 rings (SSSR count). The second kappa shape index (κ2) is 5.29. The molecule has 1 amide bonds. The van der Waals surface area contributed by atoms with Gasteiger partial charge in [-0.3, -0.25) is 9.59 Å². The van der Waals surface area contributed by atoms with Crippen molar-refractivity contribution in [1.29, 1.82) is 0 Å². The molecule has 0 radical (unpaired) electrons. The van der Waals surface area contributed by atoms with Crippen molar-refractivity contribution in [1.82, 2.24) is 4.98 Å². The van der Waals surface area contributed by atoms with Crippen LogP contribution in [-0.4, -0.2) is 35.6 Å². The molecule has 0 aromatic carbocycles. The lowest BCUT2D eigenvalue weighted by atomic mass is 10.2. The highest BCUT2D eigenvalue weighted by Gasteiger charge is 2.15. The van der Waals surface area contributed by atoms with Gasteiger partial charge in [-0.25, -0.2) is 4.98 Å². The van der Waals surface area contributed by atoms with Crippen LogP contribution in [0.5, 0.6) is 0 Å². The van der Waals surface area contributed by atoms with E-state index in [0.29, 0.717) is 12.4 Å². The second-order valence-corrected chi connectivity index (χ2v) is 3.87. The van der Waals surface area contributed by atoms with Crippen molar-refractivity contribution in [2.75, 3.05) is 18.5 Å². The van der Waals surface area contributed by atoms with E-state index in [1.165, 1.54) is 6.07 Å². The Bertz CT molecular complexity index is 434. The largest absolute Gasteiger partial charge is 0.481 e. The highest BCUT2D eigenvalue weighted by atomic mass is 16.4. The highest BCUT2D eigenvalue weighted by Crippen LogP contribution is 2.11. The Morgan fingerprint density at radius 3 is 2.71 bits per heavy atom. The maximum atomic E-state index is 11.0. The first-order valence-corrected chi connectivity index (χ1v) is 5.12. The van der Waals surface area contributed by atoms with Gasteiger partial charge < -0.3 is 15.7 Å². The van der Waals surface area contributed by atoms with Crippen LogP contribution in [0.3, 0.4) is 0 Å². The van der Waals surface area contributed by atoms with E-state index in [1.807, 2.05) is 0 Å². The van der Waals surface area contributed by atoms with E-state index in [0.717, 1.165) is 0 Å². The Labute approximate surface area is 99.1 Å². The van der Waals surface area contributed by atoms with Gasteiger partial charge in [0.15, 0.2) is 0 Å². The maximum Gasteiger partial charge on any atom is 0.308 e. The number of hydrogen-bond acceptors (Lipinski definition) is 4. The van der Waals surface area contributed by atoms with Gasteiger partial charge in [-0.05, 0) is 12.1 Å². The summed E-state index contributed by atoms with van der Waals surface area (Å²) in [6.45, 7) is 1.92. The van der Waals surface area contributed by atoms with E-state index in [2.05, 4.69) is 4.98 Å². The Morgan fingerprint density at radius 1 is 1.53 bits per heavy atom. The number of nitrogens with two attached hydrogens (primary N) is 1. The Balaban J connectivity index is 2.82. The molecule has 3 N–H and O–H groups in total. The topological polar surface area (TPSA) is 96.5 Å². The van der Waals surface area contributed by atoms with Crippen LogP contribution in [0, 0.1) is 5.92 Å². The standard InChI is InChI=1S/C11H15N3O3/c1-7(11(16)17)6-14(2)9-5-3-4-8(13-9)10(12)15/h3-5,7H,6H2,1-2H3,(H2,12,15)(H,16,17). The molecule has 0 bridgehead atoms. The summed E-state index contributed by atoms with van der Waals surface area (Å²) in [5.41, 5.74) is 5.28. The summed E-state index contributed by atoms with van der Waals surface area (Å²) in [6.07, 6.45) is 0. The summed E-state index contributed by atoms with van der Waals surface area (Å²) in [6, 6.07) is 4.87. The number of rotatable bonds is 5. The van der Waals surface area contributed by atoms with Gasteiger partial charge in [0.1, 0.15) is 11.5 Å². The molecule has 1 unspecified atom stereocenters. The molecule has 6 heteroatoms. The number of carboxylic acids is 1. The molecule has 0 fully saturated rings. The first-order chi connectivity index (χ1) is 7.91. The number of primary amides is 1. The molecule has 0 spiro atoms. The molecule has 6 nitrogen and oxygen atoms in total. The summed E-state index contributed by atoms with van der Waals surface area (Å²) < 4.78 is 0. The molecular weight excluding hydrogens is 222 g/mol. The summed E-state index contributed by atoms with van der Waals surface area (Å²) in [5, 5.41) is 8.80. The molecule has 17 heavy (non-hydrogen) atoms. The predicted molar refractivity (Wildman–Crippen MR) is 62.8 cm³/mol. The monoisotopic (exact) mass is 237 g/mol. The quantitative estimate of drug-likeness (QED) is 0.769. The van der Waals surface area contributed by atoms with Crippen LogP contribution in [0.25, 0.3) is 0 Å². The van der Waals surface area contributed by atoms with Crippen LogP contribution in [-0.2, 0) is 4.79 Å². The fraction of sp³-hybridized carbons (Fsp3) is 0.364. The normalized spacial score (nSPS) is 11.9. The van der Waals surface area contributed by atoms with Crippen molar-refractivity contribution in [3.63, 3.8) is 0 Å². The third-order valence-electron chi connectivity index (χ3n) is 2.35. The zero-order chi connectivity index (χ0) is 13.0. The van der Waals surface area contributed by atoms with Gasteiger partial charge >= 0.3 is 5.97 Å². The number of pyridine rings is 1. The Hall–Kier alpha value is -2.11. The average molecular weight is 237 g/mol. The number of carbonyl (C=O) groups is 2. The number of nitrogens with zero attached hydrogens (tertiary/aromatic N) is 2. The summed E-state index contributed by atoms with van der Waals surface area (Å²) in [7, 11) is 1.71. The number of aromatic nitrogens is 1. The first kappa shape index (κ1) is 13.0. The van der Waals surface area contributed by atoms with Crippen molar-refractivity contribution in [2.24, 2.45) is 11.7 Å². The number of carbonyl (C=O) groups excluding carboxylic acids is 1. The molecule has 1 aromatic rings. The molecule has 1 heterocycles. The van der Waals surface area contributed by atoms with Crippen molar-refractivity contribution in [3.8, 4) is 0 Å². The van der Waals surface area contributed by atoms with Gasteiger partial charge in [0.25, 0.3) is 5.91 Å². The predicted octanol–water partition coefficient (Wildman–Crippen LogP) is 0.337. The highest BCUT2D eigenvalue weighted by molar-refractivity contribution is 5.91. The number of aliphatic carboxylic acids is 1. The van der Waals surface area contributed by atoms with Gasteiger partial charge in [0.2, 0.25) is 0 Å². The van der Waals surface area contributed by atoms with Crippen LogP contribution in [0.15, 0.2) is 18.2 Å². The van der Waals surface area contributed by atoms with Gasteiger partial charge in [-0.2, -0.15) is 0 Å². The molecule has 0 aliphatic rings. The zero-order valence-electron chi connectivity index (χ0n) is 9.75.